The number of alkyl halides is 1. The Hall–Kier alpha value is -10.7. The van der Waals surface area contributed by atoms with Gasteiger partial charge in [0.2, 0.25) is 19.1 Å². The van der Waals surface area contributed by atoms with Crippen LogP contribution in [0.25, 0.3) is 115 Å². The number of ether oxygens (including phenoxy) is 4. The molecule has 584 valence electrons. The average Bonchev–Trinajstić information content (AvgIpc) is 1.63. The number of benzene rings is 8. The molecular formula is C84H93BrClN16NaO8S2. The molecule has 12 rings (SSSR count). The molecule has 113 heavy (non-hydrogen) atoms. The van der Waals surface area contributed by atoms with Crippen LogP contribution in [0.4, 0.5) is 0 Å². The third kappa shape index (κ3) is 25.1. The maximum atomic E-state index is 11.1. The molecule has 0 saturated carbocycles. The van der Waals surface area contributed by atoms with Gasteiger partial charge in [-0.05, 0) is 227 Å². The fourth-order valence-electron chi connectivity index (χ4n) is 12.6. The van der Waals surface area contributed by atoms with Crippen molar-refractivity contribution in [3.05, 3.63) is 241 Å². The first kappa shape index (κ1) is 94.7. The molecule has 0 aliphatic rings. The van der Waals surface area contributed by atoms with Gasteiger partial charge in [0.15, 0.2) is 0 Å². The summed E-state index contributed by atoms with van der Waals surface area (Å²) >= 11 is 3.36. The summed E-state index contributed by atoms with van der Waals surface area (Å²) in [6, 6.07) is 65.3. The number of aromatic nitrogens is 4. The van der Waals surface area contributed by atoms with E-state index in [1.54, 1.807) is 0 Å². The molecule has 0 saturated heterocycles. The zero-order valence-electron chi connectivity index (χ0n) is 63.8. The number of sulfonamides is 1. The first-order chi connectivity index (χ1) is 52.8. The monoisotopic (exact) mass is 1650 g/mol. The van der Waals surface area contributed by atoms with Gasteiger partial charge in [0.1, 0.15) is 60.5 Å². The second-order valence-corrected chi connectivity index (χ2v) is 30.4. The van der Waals surface area contributed by atoms with E-state index in [2.05, 4.69) is 169 Å². The van der Waals surface area contributed by atoms with Gasteiger partial charge in [0.05, 0.1) is 99.4 Å². The molecule has 8 aromatic carbocycles. The quantitative estimate of drug-likeness (QED) is 0.0114. The molecule has 0 atom stereocenters. The Morgan fingerprint density at radius 1 is 0.460 bits per heavy atom. The van der Waals surface area contributed by atoms with E-state index in [0.29, 0.717) is 55.5 Å². The van der Waals surface area contributed by atoms with Crippen LogP contribution in [0.1, 0.15) is 87.1 Å². The Balaban J connectivity index is 0.000000305. The Labute approximate surface area is 697 Å². The van der Waals surface area contributed by atoms with Crippen LogP contribution in [0, 0.1) is 73.0 Å². The van der Waals surface area contributed by atoms with Crippen LogP contribution in [0.2, 0.25) is 0 Å². The number of nitrogens with one attached hydrogen (secondary N) is 1. The van der Waals surface area contributed by atoms with Gasteiger partial charge < -0.3 is 54.0 Å². The van der Waals surface area contributed by atoms with Crippen LogP contribution in [0.3, 0.4) is 0 Å². The fourth-order valence-corrected chi connectivity index (χ4v) is 13.2. The zero-order chi connectivity index (χ0) is 80.2. The molecule has 0 unspecified atom stereocenters. The minimum absolute atomic E-state index is 0. The molecule has 4 heterocycles. The normalized spacial score (nSPS) is 10.4. The standard InChI is InChI=1S/C21H23N3O3S.C20H19BrN2O.C20H19N5O.C20H21N3O.CH3ClO2S.2CH4.N3.Na/c1-4-24-20-13-15(2)5-10-18(20)19(14-22)21(24)16-6-8-17(9-7-16)27-12-11-23-28(3,25)26;1-3-23-19-12-14(2)4-9-17(19)18(13-22)20(23)15-5-7-16(8-6-15)24-11-10-21;1-3-25-19-12-14(2)4-9-17(19)18(13-21)20(25)15-5-7-16(8-6-15)26-11-10-23-24-22;1-3-23-19-12-14(2)4-9-17(19)18(13-22)20(23)15-5-7-16(8-6-15)24-11-10-21;1-5(2,3)4;;;1-3-2;/h5-10,13,23H,4,11-12H2,1-3H3;4-9,12H,3,10-11H2,1-2H3;4-9,12H,3,10-11H2,1-2H3;4-9,12H,3,10-11,21H2,1-2H3;1H3;2*1H4;;/q;;;;;;;-1;+1. The smallest absolute Gasteiger partial charge is 0.493 e. The van der Waals surface area contributed by atoms with Crippen LogP contribution >= 0.6 is 26.6 Å². The number of aryl methyl sites for hydroxylation is 8. The fraction of sp³-hybridized carbons (Fsp3) is 0.286. The minimum Gasteiger partial charge on any atom is -0.493 e. The molecule has 24 nitrogen and oxygen atoms in total. The number of fused-ring (bicyclic) bond motifs is 4. The van der Waals surface area contributed by atoms with Crippen molar-refractivity contribution >= 4 is 89.3 Å². The maximum Gasteiger partial charge on any atom is 1.00 e. The van der Waals surface area contributed by atoms with Crippen molar-refractivity contribution in [2.24, 2.45) is 10.8 Å². The predicted octanol–water partition coefficient (Wildman–Crippen LogP) is 17.1. The first-order valence-corrected chi connectivity index (χ1v) is 40.7. The molecule has 29 heteroatoms. The maximum absolute atomic E-state index is 11.1. The molecule has 12 aromatic rings. The summed E-state index contributed by atoms with van der Waals surface area (Å²) < 4.78 is 74.4. The van der Waals surface area contributed by atoms with E-state index in [1.807, 2.05) is 140 Å². The molecule has 0 bridgehead atoms. The van der Waals surface area contributed by atoms with E-state index in [9.17, 15) is 37.9 Å². The van der Waals surface area contributed by atoms with Gasteiger partial charge >= 0.3 is 29.6 Å². The summed E-state index contributed by atoms with van der Waals surface area (Å²) in [5.74, 6) is 2.98. The van der Waals surface area contributed by atoms with Crippen molar-refractivity contribution in [3.63, 3.8) is 0 Å². The van der Waals surface area contributed by atoms with Crippen molar-refractivity contribution in [2.75, 3.05) is 63.9 Å². The molecule has 0 fully saturated rings. The number of azide groups is 1. The predicted molar refractivity (Wildman–Crippen MR) is 456 cm³/mol. The second-order valence-electron chi connectivity index (χ2n) is 24.8. The van der Waals surface area contributed by atoms with Crippen LogP contribution < -0.4 is 59.0 Å². The van der Waals surface area contributed by atoms with Gasteiger partial charge in [-0.3, -0.25) is 4.91 Å². The molecule has 3 N–H and O–H groups in total. The molecule has 0 aliphatic carbocycles. The van der Waals surface area contributed by atoms with Crippen LogP contribution in [-0.4, -0.2) is 99.0 Å². The van der Waals surface area contributed by atoms with Gasteiger partial charge in [0.25, 0.3) is 0 Å². The van der Waals surface area contributed by atoms with Crippen molar-refractivity contribution < 1.29 is 65.3 Å². The van der Waals surface area contributed by atoms with Crippen molar-refractivity contribution in [2.45, 2.75) is 96.4 Å². The van der Waals surface area contributed by atoms with E-state index in [4.69, 9.17) is 41.3 Å². The van der Waals surface area contributed by atoms with Crippen LogP contribution in [0.15, 0.2) is 175 Å². The number of nitrogens with zero attached hydrogens (tertiary/aromatic N) is 14. The number of hydrogen-bond acceptors (Lipinski definition) is 14. The Bertz CT molecular complexity index is 5550. The van der Waals surface area contributed by atoms with Gasteiger partial charge in [0, 0.05) is 81.7 Å². The van der Waals surface area contributed by atoms with Gasteiger partial charge in [-0.25, -0.2) is 21.6 Å². The number of hydrogen-bond donors (Lipinski definition) is 2. The van der Waals surface area contributed by atoms with E-state index < -0.39 is 19.1 Å². The van der Waals surface area contributed by atoms with Gasteiger partial charge in [-0.2, -0.15) is 21.0 Å². The van der Waals surface area contributed by atoms with Crippen LogP contribution in [-0.2, 0) is 45.3 Å². The Morgan fingerprint density at radius 3 is 0.929 bits per heavy atom. The summed E-state index contributed by atoms with van der Waals surface area (Å²) in [7, 11) is -1.91. The van der Waals surface area contributed by atoms with Gasteiger partial charge in [-0.15, -0.1) is 0 Å². The Morgan fingerprint density at radius 2 is 0.708 bits per heavy atom. The summed E-state index contributed by atoms with van der Waals surface area (Å²) in [5, 5.41) is 47.2. The largest absolute Gasteiger partial charge is 1.00 e. The summed E-state index contributed by atoms with van der Waals surface area (Å²) in [4.78, 5) is 4.20. The first-order valence-electron chi connectivity index (χ1n) is 35.0. The summed E-state index contributed by atoms with van der Waals surface area (Å²) in [6.07, 6.45) is 2.04. The Kier molecular flexibility index (Phi) is 38.3. The third-order valence-electron chi connectivity index (χ3n) is 17.1. The molecule has 0 radical (unpaired) electrons. The van der Waals surface area contributed by atoms with E-state index in [1.165, 1.54) is 21.6 Å². The third-order valence-corrected chi connectivity index (χ3v) is 18.1. The molecule has 0 amide bonds. The molecule has 0 spiro atoms. The summed E-state index contributed by atoms with van der Waals surface area (Å²) in [6.45, 7) is 22.5. The number of nitrogens with two attached hydrogens (primary N) is 1. The SMILES string of the molecule is C.C.CCn1c(-c2ccc(OCCBr)cc2)c(C#N)c2ccc(C)cc21.CCn1c(-c2ccc(OCCN)cc2)c(C#N)c2ccc(C)cc21.CCn1c(-c2ccc(OCCN=[N+]=[N-])cc2)c(C#N)c2ccc(C)cc21.CCn1c(-c2ccc(OCCNS(C)(=O)=O)cc2)c(C#N)c2ccc(C)cc21.CS(=O)(=O)Cl.[N-]=[N+]=[N-].[Na+]. The van der Waals surface area contributed by atoms with E-state index in [-0.39, 0.29) is 57.6 Å². The molecule has 0 aliphatic heterocycles. The number of halogens is 2. The van der Waals surface area contributed by atoms with Gasteiger partial charge in [-0.1, -0.05) is 84.4 Å². The van der Waals surface area contributed by atoms with Crippen molar-refractivity contribution in [3.8, 4) is 92.3 Å². The van der Waals surface area contributed by atoms with Crippen LogP contribution in [0.5, 0.6) is 23.0 Å². The van der Waals surface area contributed by atoms with Crippen molar-refractivity contribution in [1.82, 2.24) is 23.0 Å². The number of rotatable bonds is 23. The van der Waals surface area contributed by atoms with E-state index >= 15 is 0 Å². The number of nitriles is 4. The molecule has 4 aromatic heterocycles. The second kappa shape index (κ2) is 45.7. The van der Waals surface area contributed by atoms with Crippen molar-refractivity contribution in [1.29, 1.82) is 21.0 Å². The molecular weight excluding hydrogens is 1560 g/mol. The van der Waals surface area contributed by atoms with E-state index in [0.717, 1.165) is 161 Å². The zero-order valence-corrected chi connectivity index (χ0v) is 69.8. The topological polar surface area (TPSA) is 366 Å². The average molecular weight is 1660 g/mol. The minimum atomic E-state index is -3.22. The summed E-state index contributed by atoms with van der Waals surface area (Å²) in [5.41, 5.74) is 46.9.